The number of rotatable bonds is 6. The Morgan fingerprint density at radius 3 is 2.56 bits per heavy atom. The first kappa shape index (κ1) is 22.0. The summed E-state index contributed by atoms with van der Waals surface area (Å²) in [5, 5.41) is 10.6. The highest BCUT2D eigenvalue weighted by atomic mass is 32.1. The van der Waals surface area contributed by atoms with E-state index in [1.54, 1.807) is 41.8 Å². The van der Waals surface area contributed by atoms with E-state index in [4.69, 9.17) is 4.74 Å². The largest absolute Gasteiger partial charge is 0.378 e. The van der Waals surface area contributed by atoms with Crippen molar-refractivity contribution in [2.45, 2.75) is 6.54 Å². The third kappa shape index (κ3) is 4.75. The number of fused-ring (bicyclic) bond motifs is 1. The van der Waals surface area contributed by atoms with Crippen LogP contribution in [0.3, 0.4) is 0 Å². The summed E-state index contributed by atoms with van der Waals surface area (Å²) in [6.45, 7) is 3.46. The summed E-state index contributed by atoms with van der Waals surface area (Å²) in [6.07, 6.45) is 1.62. The Hall–Kier alpha value is -3.82. The zero-order valence-corrected chi connectivity index (χ0v) is 19.2. The molecule has 0 saturated carbocycles. The standard InChI is InChI=1S/C25H23N5O3S/c31-24(27-26-16-19-10-11-22(34-19)29-12-14-33-15-13-29)23-20-8-4-5-9-21(20)25(32)30(28-23)17-18-6-2-1-3-7-18/h1-11,16H,12-15,17H2,(H,27,31)/b26-16+. The number of nitrogens with one attached hydrogen (secondary N) is 1. The van der Waals surface area contributed by atoms with Gasteiger partial charge in [0.15, 0.2) is 5.69 Å². The van der Waals surface area contributed by atoms with E-state index in [9.17, 15) is 9.59 Å². The molecule has 0 unspecified atom stereocenters. The van der Waals surface area contributed by atoms with Crippen LogP contribution >= 0.6 is 11.3 Å². The number of nitrogens with zero attached hydrogens (tertiary/aromatic N) is 4. The molecule has 0 spiro atoms. The minimum atomic E-state index is -0.473. The molecule has 1 aliphatic heterocycles. The second-order valence-corrected chi connectivity index (χ2v) is 8.91. The Morgan fingerprint density at radius 2 is 1.76 bits per heavy atom. The highest BCUT2D eigenvalue weighted by molar-refractivity contribution is 7.17. The summed E-state index contributed by atoms with van der Waals surface area (Å²) in [7, 11) is 0. The van der Waals surface area contributed by atoms with Crippen molar-refractivity contribution >= 4 is 39.2 Å². The van der Waals surface area contributed by atoms with Gasteiger partial charge in [-0.3, -0.25) is 9.59 Å². The smallest absolute Gasteiger partial charge is 0.292 e. The summed E-state index contributed by atoms with van der Waals surface area (Å²) in [6, 6.07) is 20.6. The van der Waals surface area contributed by atoms with Crippen LogP contribution in [-0.4, -0.2) is 48.2 Å². The van der Waals surface area contributed by atoms with Crippen LogP contribution in [0.25, 0.3) is 10.8 Å². The topological polar surface area (TPSA) is 88.8 Å². The fourth-order valence-electron chi connectivity index (χ4n) is 3.84. The molecular weight excluding hydrogens is 450 g/mol. The lowest BCUT2D eigenvalue weighted by Crippen LogP contribution is -2.35. The molecule has 1 amide bonds. The van der Waals surface area contributed by atoms with E-state index >= 15 is 0 Å². The van der Waals surface area contributed by atoms with Gasteiger partial charge in [0.1, 0.15) is 0 Å². The van der Waals surface area contributed by atoms with E-state index < -0.39 is 5.91 Å². The third-order valence-corrected chi connectivity index (χ3v) is 6.63. The van der Waals surface area contributed by atoms with E-state index in [1.165, 1.54) is 4.68 Å². The van der Waals surface area contributed by atoms with Crippen LogP contribution in [0.5, 0.6) is 0 Å². The molecule has 0 bridgehead atoms. The Kier molecular flexibility index (Phi) is 6.46. The second-order valence-electron chi connectivity index (χ2n) is 7.82. The molecular formula is C25H23N5O3S. The van der Waals surface area contributed by atoms with Crippen molar-refractivity contribution in [1.29, 1.82) is 0 Å². The Labute approximate surface area is 200 Å². The van der Waals surface area contributed by atoms with Crippen molar-refractivity contribution < 1.29 is 9.53 Å². The number of morpholine rings is 1. The number of ether oxygens (including phenoxy) is 1. The van der Waals surface area contributed by atoms with Gasteiger partial charge in [0.05, 0.1) is 36.4 Å². The first-order valence-corrected chi connectivity index (χ1v) is 11.8. The monoisotopic (exact) mass is 473 g/mol. The normalized spacial score (nSPS) is 14.1. The van der Waals surface area contributed by atoms with Crippen molar-refractivity contribution in [1.82, 2.24) is 15.2 Å². The summed E-state index contributed by atoms with van der Waals surface area (Å²) in [5.41, 5.74) is 3.40. The summed E-state index contributed by atoms with van der Waals surface area (Å²) in [4.78, 5) is 29.2. The van der Waals surface area contributed by atoms with Crippen molar-refractivity contribution in [3.05, 3.63) is 93.2 Å². The van der Waals surface area contributed by atoms with Crippen molar-refractivity contribution in [3.8, 4) is 0 Å². The predicted octanol–water partition coefficient (Wildman–Crippen LogP) is 3.11. The van der Waals surface area contributed by atoms with Gasteiger partial charge >= 0.3 is 0 Å². The molecule has 2 aromatic heterocycles. The van der Waals surface area contributed by atoms with Crippen molar-refractivity contribution in [2.75, 3.05) is 31.2 Å². The molecule has 1 N–H and O–H groups in total. The van der Waals surface area contributed by atoms with E-state index in [0.717, 1.165) is 41.7 Å². The van der Waals surface area contributed by atoms with E-state index in [-0.39, 0.29) is 17.8 Å². The lowest BCUT2D eigenvalue weighted by atomic mass is 10.1. The van der Waals surface area contributed by atoms with Crippen LogP contribution in [0.2, 0.25) is 0 Å². The van der Waals surface area contributed by atoms with Crippen LogP contribution in [0.15, 0.2) is 76.6 Å². The maximum atomic E-state index is 13.0. The molecule has 1 aliphatic rings. The summed E-state index contributed by atoms with van der Waals surface area (Å²) in [5.74, 6) is -0.473. The van der Waals surface area contributed by atoms with Gasteiger partial charge in [-0.2, -0.15) is 10.2 Å². The summed E-state index contributed by atoms with van der Waals surface area (Å²) >= 11 is 1.60. The van der Waals surface area contributed by atoms with E-state index in [1.807, 2.05) is 42.5 Å². The molecule has 34 heavy (non-hydrogen) atoms. The zero-order chi connectivity index (χ0) is 23.3. The third-order valence-electron chi connectivity index (χ3n) is 5.55. The molecule has 0 atom stereocenters. The van der Waals surface area contributed by atoms with Gasteiger partial charge < -0.3 is 9.64 Å². The minimum absolute atomic E-state index is 0.156. The Morgan fingerprint density at radius 1 is 1.03 bits per heavy atom. The van der Waals surface area contributed by atoms with Gasteiger partial charge in [0, 0.05) is 23.4 Å². The number of hydrogen-bond acceptors (Lipinski definition) is 7. The number of hydrazone groups is 1. The van der Waals surface area contributed by atoms with Gasteiger partial charge in [-0.1, -0.05) is 48.5 Å². The number of anilines is 1. The molecule has 172 valence electrons. The minimum Gasteiger partial charge on any atom is -0.378 e. The van der Waals surface area contributed by atoms with Gasteiger partial charge in [-0.25, -0.2) is 10.1 Å². The van der Waals surface area contributed by atoms with Gasteiger partial charge in [0.25, 0.3) is 11.5 Å². The lowest BCUT2D eigenvalue weighted by molar-refractivity contribution is 0.0949. The average Bonchev–Trinajstić information content (AvgIpc) is 3.36. The SMILES string of the molecule is O=C(N/N=C/c1ccc(N2CCOCC2)s1)c1nn(Cc2ccccc2)c(=O)c2ccccc12. The first-order chi connectivity index (χ1) is 16.7. The molecule has 9 heteroatoms. The molecule has 1 fully saturated rings. The fraction of sp³-hybridized carbons (Fsp3) is 0.200. The second kappa shape index (κ2) is 9.98. The maximum Gasteiger partial charge on any atom is 0.292 e. The average molecular weight is 474 g/mol. The molecule has 8 nitrogen and oxygen atoms in total. The number of carbonyl (C=O) groups excluding carboxylic acids is 1. The molecule has 5 rings (SSSR count). The Bertz CT molecular complexity index is 1390. The summed E-state index contributed by atoms with van der Waals surface area (Å²) < 4.78 is 6.73. The van der Waals surface area contributed by atoms with Crippen LogP contribution in [-0.2, 0) is 11.3 Å². The number of benzene rings is 2. The number of amides is 1. The number of aromatic nitrogens is 2. The first-order valence-electron chi connectivity index (χ1n) is 11.0. The number of carbonyl (C=O) groups is 1. The van der Waals surface area contributed by atoms with E-state index in [0.29, 0.717) is 10.8 Å². The van der Waals surface area contributed by atoms with Crippen LogP contribution in [0.1, 0.15) is 20.9 Å². The predicted molar refractivity (Wildman–Crippen MR) is 134 cm³/mol. The maximum absolute atomic E-state index is 13.0. The zero-order valence-electron chi connectivity index (χ0n) is 18.4. The van der Waals surface area contributed by atoms with Gasteiger partial charge in [-0.05, 0) is 23.8 Å². The highest BCUT2D eigenvalue weighted by Crippen LogP contribution is 2.25. The molecule has 3 heterocycles. The number of thiophene rings is 1. The molecule has 1 saturated heterocycles. The number of hydrogen-bond donors (Lipinski definition) is 1. The van der Waals surface area contributed by atoms with Gasteiger partial charge in [0.2, 0.25) is 0 Å². The Balaban J connectivity index is 1.37. The highest BCUT2D eigenvalue weighted by Gasteiger charge is 2.17. The van der Waals surface area contributed by atoms with Crippen molar-refractivity contribution in [3.63, 3.8) is 0 Å². The van der Waals surface area contributed by atoms with Crippen LogP contribution in [0.4, 0.5) is 5.00 Å². The molecule has 0 aliphatic carbocycles. The van der Waals surface area contributed by atoms with Crippen molar-refractivity contribution in [2.24, 2.45) is 5.10 Å². The molecule has 4 aromatic rings. The fourth-order valence-corrected chi connectivity index (χ4v) is 4.77. The van der Waals surface area contributed by atoms with Gasteiger partial charge in [-0.15, -0.1) is 11.3 Å². The van der Waals surface area contributed by atoms with Crippen LogP contribution in [0, 0.1) is 0 Å². The molecule has 2 aromatic carbocycles. The molecule has 0 radical (unpaired) electrons. The quantitative estimate of drug-likeness (QED) is 0.343. The lowest BCUT2D eigenvalue weighted by Gasteiger charge is -2.27. The van der Waals surface area contributed by atoms with E-state index in [2.05, 4.69) is 20.5 Å². The van der Waals surface area contributed by atoms with Crippen LogP contribution < -0.4 is 15.9 Å².